The molecule has 0 unspecified atom stereocenters. The number of aromatic amines is 1. The molecule has 0 amide bonds. The van der Waals surface area contributed by atoms with Crippen molar-refractivity contribution in [2.45, 2.75) is 13.0 Å². The second kappa shape index (κ2) is 4.20. The first-order chi connectivity index (χ1) is 5.34. The molecule has 0 aliphatic heterocycles. The number of aryl methyl sites for hydroxylation is 1. The van der Waals surface area contributed by atoms with Gasteiger partial charge in [0.15, 0.2) is 0 Å². The van der Waals surface area contributed by atoms with Crippen LogP contribution in [-0.2, 0) is 11.3 Å². The minimum absolute atomic E-state index is 0.487. The number of aromatic nitrogens is 4. The molecule has 0 atom stereocenters. The summed E-state index contributed by atoms with van der Waals surface area (Å²) in [5.41, 5.74) is 0. The van der Waals surface area contributed by atoms with Crippen LogP contribution >= 0.6 is 12.2 Å². The van der Waals surface area contributed by atoms with Gasteiger partial charge in [0, 0.05) is 20.3 Å². The average Bonchev–Trinajstić information content (AvgIpc) is 2.37. The van der Waals surface area contributed by atoms with Crippen LogP contribution in [-0.4, -0.2) is 33.9 Å². The molecule has 1 N–H and O–H groups in total. The molecule has 1 aromatic rings. The molecule has 0 bridgehead atoms. The normalized spacial score (nSPS) is 10.3. The van der Waals surface area contributed by atoms with Crippen molar-refractivity contribution in [3.63, 3.8) is 0 Å². The molecule has 5 nitrogen and oxygen atoms in total. The number of tetrazole rings is 1. The Morgan fingerprint density at radius 2 is 2.55 bits per heavy atom. The highest BCUT2D eigenvalue weighted by atomic mass is 32.1. The van der Waals surface area contributed by atoms with E-state index in [-0.39, 0.29) is 0 Å². The zero-order valence-electron chi connectivity index (χ0n) is 6.28. The van der Waals surface area contributed by atoms with Crippen LogP contribution in [0, 0.1) is 4.77 Å². The molecule has 1 heterocycles. The number of methoxy groups -OCH3 is 1. The maximum atomic E-state index is 4.88. The Balaban J connectivity index is 2.39. The van der Waals surface area contributed by atoms with Crippen molar-refractivity contribution in [2.75, 3.05) is 13.7 Å². The number of H-pyrrole nitrogens is 1. The maximum absolute atomic E-state index is 4.88. The number of nitrogens with zero attached hydrogens (tertiary/aromatic N) is 3. The predicted molar refractivity (Wildman–Crippen MR) is 41.7 cm³/mol. The lowest BCUT2D eigenvalue weighted by atomic mass is 10.5. The van der Waals surface area contributed by atoms with Gasteiger partial charge < -0.3 is 4.74 Å². The summed E-state index contributed by atoms with van der Waals surface area (Å²) in [5, 5.41) is 9.83. The van der Waals surface area contributed by atoms with Crippen LogP contribution in [0.1, 0.15) is 6.42 Å². The van der Waals surface area contributed by atoms with Crippen molar-refractivity contribution < 1.29 is 4.74 Å². The van der Waals surface area contributed by atoms with Gasteiger partial charge in [0.1, 0.15) is 0 Å². The van der Waals surface area contributed by atoms with Crippen molar-refractivity contribution in [2.24, 2.45) is 0 Å². The van der Waals surface area contributed by atoms with Gasteiger partial charge in [-0.05, 0) is 18.6 Å². The molecule has 1 aromatic heterocycles. The van der Waals surface area contributed by atoms with Gasteiger partial charge >= 0.3 is 0 Å². The van der Waals surface area contributed by atoms with Gasteiger partial charge in [-0.2, -0.15) is 5.21 Å². The third-order valence-electron chi connectivity index (χ3n) is 1.26. The molecule has 0 spiro atoms. The summed E-state index contributed by atoms with van der Waals surface area (Å²) in [4.78, 5) is 0. The van der Waals surface area contributed by atoms with Crippen LogP contribution in [0.2, 0.25) is 0 Å². The van der Waals surface area contributed by atoms with E-state index >= 15 is 0 Å². The Bertz CT molecular complexity index is 255. The number of hydrogen-bond acceptors (Lipinski definition) is 4. The Hall–Kier alpha value is -0.750. The highest BCUT2D eigenvalue weighted by Crippen LogP contribution is 1.88. The average molecular weight is 174 g/mol. The minimum Gasteiger partial charge on any atom is -0.385 e. The molecule has 11 heavy (non-hydrogen) atoms. The Morgan fingerprint density at radius 1 is 1.73 bits per heavy atom. The van der Waals surface area contributed by atoms with Gasteiger partial charge in [0.25, 0.3) is 0 Å². The van der Waals surface area contributed by atoms with Crippen LogP contribution in [0.25, 0.3) is 0 Å². The van der Waals surface area contributed by atoms with E-state index < -0.39 is 0 Å². The van der Waals surface area contributed by atoms with Crippen molar-refractivity contribution >= 4 is 12.2 Å². The third-order valence-corrected chi connectivity index (χ3v) is 1.56. The molecule has 0 aliphatic rings. The van der Waals surface area contributed by atoms with Crippen LogP contribution in [0.15, 0.2) is 0 Å². The molecule has 0 aromatic carbocycles. The fraction of sp³-hybridized carbons (Fsp3) is 0.800. The van der Waals surface area contributed by atoms with Gasteiger partial charge in [-0.25, -0.2) is 4.68 Å². The van der Waals surface area contributed by atoms with Crippen LogP contribution in [0.3, 0.4) is 0 Å². The van der Waals surface area contributed by atoms with Gasteiger partial charge in [-0.3, -0.25) is 0 Å². The summed E-state index contributed by atoms with van der Waals surface area (Å²) in [6, 6.07) is 0. The molecular formula is C5H10N4OS. The lowest BCUT2D eigenvalue weighted by Crippen LogP contribution is -2.03. The zero-order valence-corrected chi connectivity index (χ0v) is 7.10. The highest BCUT2D eigenvalue weighted by molar-refractivity contribution is 7.71. The molecule has 0 aliphatic carbocycles. The number of ether oxygens (including phenoxy) is 1. The van der Waals surface area contributed by atoms with Crippen molar-refractivity contribution in [3.05, 3.63) is 4.77 Å². The fourth-order valence-electron chi connectivity index (χ4n) is 0.729. The standard InChI is InChI=1S/C5H10N4OS/c1-10-4-2-3-9-5(11)6-7-8-9/h2-4H2,1H3,(H,6,8,11). The van der Waals surface area contributed by atoms with Gasteiger partial charge in [0.2, 0.25) is 4.77 Å². The van der Waals surface area contributed by atoms with Gasteiger partial charge in [-0.1, -0.05) is 10.3 Å². The summed E-state index contributed by atoms with van der Waals surface area (Å²) < 4.78 is 7.07. The Morgan fingerprint density at radius 3 is 3.09 bits per heavy atom. The fourth-order valence-corrected chi connectivity index (χ4v) is 0.901. The van der Waals surface area contributed by atoms with E-state index in [0.717, 1.165) is 19.6 Å². The summed E-state index contributed by atoms with van der Waals surface area (Å²) in [6.45, 7) is 1.50. The third kappa shape index (κ3) is 2.39. The number of hydrogen-bond donors (Lipinski definition) is 1. The molecule has 0 saturated heterocycles. The molecule has 0 fully saturated rings. The van der Waals surface area contributed by atoms with E-state index in [1.807, 2.05) is 0 Å². The van der Waals surface area contributed by atoms with Crippen molar-refractivity contribution in [3.8, 4) is 0 Å². The van der Waals surface area contributed by atoms with E-state index in [2.05, 4.69) is 15.5 Å². The van der Waals surface area contributed by atoms with Gasteiger partial charge in [-0.15, -0.1) is 0 Å². The summed E-state index contributed by atoms with van der Waals surface area (Å²) in [6.07, 6.45) is 0.911. The van der Waals surface area contributed by atoms with E-state index in [0.29, 0.717) is 4.77 Å². The van der Waals surface area contributed by atoms with E-state index in [4.69, 9.17) is 17.0 Å². The first kappa shape index (κ1) is 8.35. The van der Waals surface area contributed by atoms with Gasteiger partial charge in [0.05, 0.1) is 0 Å². The smallest absolute Gasteiger partial charge is 0.238 e. The first-order valence-corrected chi connectivity index (χ1v) is 3.72. The first-order valence-electron chi connectivity index (χ1n) is 3.31. The summed E-state index contributed by atoms with van der Waals surface area (Å²) >= 11 is 4.85. The van der Waals surface area contributed by atoms with E-state index in [1.165, 1.54) is 0 Å². The second-order valence-electron chi connectivity index (χ2n) is 2.08. The van der Waals surface area contributed by atoms with Crippen LogP contribution in [0.5, 0.6) is 0 Å². The van der Waals surface area contributed by atoms with E-state index in [9.17, 15) is 0 Å². The zero-order chi connectivity index (χ0) is 8.10. The lowest BCUT2D eigenvalue weighted by Gasteiger charge is -1.98. The van der Waals surface area contributed by atoms with Crippen molar-refractivity contribution in [1.29, 1.82) is 0 Å². The highest BCUT2D eigenvalue weighted by Gasteiger charge is 1.93. The van der Waals surface area contributed by atoms with Crippen LogP contribution in [0.4, 0.5) is 0 Å². The largest absolute Gasteiger partial charge is 0.385 e. The number of nitrogens with one attached hydrogen (secondary N) is 1. The lowest BCUT2D eigenvalue weighted by molar-refractivity contribution is 0.188. The van der Waals surface area contributed by atoms with Crippen LogP contribution < -0.4 is 0 Å². The molecule has 0 radical (unpaired) electrons. The Labute approximate surface area is 69.3 Å². The summed E-state index contributed by atoms with van der Waals surface area (Å²) in [7, 11) is 1.67. The predicted octanol–water partition coefficient (Wildman–Crippen LogP) is 0.372. The molecule has 62 valence electrons. The number of rotatable bonds is 4. The minimum atomic E-state index is 0.487. The Kier molecular flexibility index (Phi) is 3.18. The maximum Gasteiger partial charge on any atom is 0.238 e. The molecular weight excluding hydrogens is 164 g/mol. The topological polar surface area (TPSA) is 55.7 Å². The van der Waals surface area contributed by atoms with Crippen molar-refractivity contribution in [1.82, 2.24) is 20.2 Å². The molecule has 1 rings (SSSR count). The van der Waals surface area contributed by atoms with E-state index in [1.54, 1.807) is 11.8 Å². The monoisotopic (exact) mass is 174 g/mol. The molecule has 0 saturated carbocycles. The summed E-state index contributed by atoms with van der Waals surface area (Å²) in [5.74, 6) is 0. The SMILES string of the molecule is COCCCn1[nH]nnc1=S. The quantitative estimate of drug-likeness (QED) is 0.529. The molecule has 6 heteroatoms. The second-order valence-corrected chi connectivity index (χ2v) is 2.45.